The van der Waals surface area contributed by atoms with Crippen molar-refractivity contribution in [2.24, 2.45) is 0 Å². The fraction of sp³-hybridized carbons (Fsp3) is 0.500. The normalized spacial score (nSPS) is 18.0. The molecule has 1 saturated heterocycles. The summed E-state index contributed by atoms with van der Waals surface area (Å²) in [5, 5.41) is 0. The number of aromatic nitrogens is 2. The van der Waals surface area contributed by atoms with Gasteiger partial charge in [0.05, 0.1) is 17.9 Å². The summed E-state index contributed by atoms with van der Waals surface area (Å²) in [5.41, 5.74) is 4.06. The van der Waals surface area contributed by atoms with E-state index in [4.69, 9.17) is 4.74 Å². The van der Waals surface area contributed by atoms with Gasteiger partial charge in [-0.3, -0.25) is 14.7 Å². The van der Waals surface area contributed by atoms with Gasteiger partial charge in [-0.15, -0.1) is 0 Å². The monoisotopic (exact) mass is 380 g/mol. The molecule has 148 valence electrons. The molecule has 1 fully saturated rings. The second-order valence-corrected chi connectivity index (χ2v) is 7.77. The second kappa shape index (κ2) is 8.27. The van der Waals surface area contributed by atoms with Crippen LogP contribution in [0.1, 0.15) is 36.2 Å². The summed E-state index contributed by atoms with van der Waals surface area (Å²) >= 11 is 0. The van der Waals surface area contributed by atoms with Crippen LogP contribution >= 0.6 is 0 Å². The first kappa shape index (κ1) is 18.9. The first-order valence-electron chi connectivity index (χ1n) is 10.2. The number of aryl methyl sites for hydroxylation is 3. The highest BCUT2D eigenvalue weighted by Gasteiger charge is 2.27. The topological polar surface area (TPSA) is 58.6 Å². The van der Waals surface area contributed by atoms with Gasteiger partial charge in [-0.25, -0.2) is 4.98 Å². The molecule has 28 heavy (non-hydrogen) atoms. The van der Waals surface area contributed by atoms with E-state index in [2.05, 4.69) is 33.1 Å². The van der Waals surface area contributed by atoms with Gasteiger partial charge >= 0.3 is 0 Å². The van der Waals surface area contributed by atoms with Crippen molar-refractivity contribution in [3.05, 3.63) is 47.4 Å². The van der Waals surface area contributed by atoms with Gasteiger partial charge in [0.1, 0.15) is 6.10 Å². The van der Waals surface area contributed by atoms with Crippen LogP contribution in [0.5, 0.6) is 5.88 Å². The van der Waals surface area contributed by atoms with Crippen molar-refractivity contribution < 1.29 is 9.53 Å². The lowest BCUT2D eigenvalue weighted by atomic mass is 10.0. The summed E-state index contributed by atoms with van der Waals surface area (Å²) in [6.07, 6.45) is 5.80. The third-order valence-corrected chi connectivity index (χ3v) is 5.62. The van der Waals surface area contributed by atoms with Gasteiger partial charge in [-0.1, -0.05) is 18.2 Å². The van der Waals surface area contributed by atoms with Gasteiger partial charge in [0, 0.05) is 31.5 Å². The Kier molecular flexibility index (Phi) is 5.57. The van der Waals surface area contributed by atoms with Crippen LogP contribution < -0.4 is 9.64 Å². The smallest absolute Gasteiger partial charge is 0.241 e. The van der Waals surface area contributed by atoms with Crippen LogP contribution in [-0.2, 0) is 11.2 Å². The highest BCUT2D eigenvalue weighted by Crippen LogP contribution is 2.27. The molecular weight excluding hydrogens is 352 g/mol. The molecule has 6 nitrogen and oxygen atoms in total. The van der Waals surface area contributed by atoms with E-state index >= 15 is 0 Å². The molecule has 0 N–H and O–H groups in total. The van der Waals surface area contributed by atoms with Gasteiger partial charge in [0.15, 0.2) is 0 Å². The SMILES string of the molecule is Cc1cnc(C)c(OC2CCN(CC(=O)N3CCCc4ccccc43)CC2)n1. The predicted molar refractivity (Wildman–Crippen MR) is 109 cm³/mol. The molecule has 1 aromatic heterocycles. The number of fused-ring (bicyclic) bond motifs is 1. The van der Waals surface area contributed by atoms with Crippen LogP contribution in [0.25, 0.3) is 0 Å². The number of carbonyl (C=O) groups is 1. The molecule has 0 aliphatic carbocycles. The maximum absolute atomic E-state index is 12.9. The van der Waals surface area contributed by atoms with E-state index < -0.39 is 0 Å². The van der Waals surface area contributed by atoms with Gasteiger partial charge in [0.25, 0.3) is 0 Å². The number of anilines is 1. The lowest BCUT2D eigenvalue weighted by Gasteiger charge is -2.34. The molecule has 0 unspecified atom stereocenters. The van der Waals surface area contributed by atoms with Crippen LogP contribution in [0.15, 0.2) is 30.5 Å². The molecule has 0 radical (unpaired) electrons. The Balaban J connectivity index is 1.31. The largest absolute Gasteiger partial charge is 0.473 e. The second-order valence-electron chi connectivity index (χ2n) is 7.77. The van der Waals surface area contributed by atoms with Crippen LogP contribution in [0.2, 0.25) is 0 Å². The first-order valence-corrected chi connectivity index (χ1v) is 10.2. The standard InChI is InChI=1S/C22H28N4O2/c1-16-14-23-17(2)22(24-16)28-19-9-12-25(13-10-19)15-21(27)26-11-5-7-18-6-3-4-8-20(18)26/h3-4,6,8,14,19H,5,7,9-13,15H2,1-2H3. The number of hydrogen-bond acceptors (Lipinski definition) is 5. The first-order chi connectivity index (χ1) is 13.6. The highest BCUT2D eigenvalue weighted by atomic mass is 16.5. The fourth-order valence-corrected chi connectivity index (χ4v) is 4.04. The molecule has 0 spiro atoms. The van der Waals surface area contributed by atoms with Crippen molar-refractivity contribution in [2.45, 2.75) is 45.6 Å². The number of benzene rings is 1. The number of amides is 1. The van der Waals surface area contributed by atoms with Crippen molar-refractivity contribution in [3.63, 3.8) is 0 Å². The molecule has 2 aromatic rings. The van der Waals surface area contributed by atoms with Crippen molar-refractivity contribution in [2.75, 3.05) is 31.1 Å². The van der Waals surface area contributed by atoms with Gasteiger partial charge in [-0.05, 0) is 51.2 Å². The number of rotatable bonds is 4. The molecule has 0 atom stereocenters. The van der Waals surface area contributed by atoms with Crippen LogP contribution in [0, 0.1) is 13.8 Å². The number of likely N-dealkylation sites (tertiary alicyclic amines) is 1. The number of ether oxygens (including phenoxy) is 1. The van der Waals surface area contributed by atoms with Crippen molar-refractivity contribution in [3.8, 4) is 5.88 Å². The van der Waals surface area contributed by atoms with E-state index in [1.165, 1.54) is 5.56 Å². The van der Waals surface area contributed by atoms with Crippen molar-refractivity contribution >= 4 is 11.6 Å². The molecular formula is C22H28N4O2. The van der Waals surface area contributed by atoms with E-state index in [9.17, 15) is 4.79 Å². The molecule has 6 heteroatoms. The number of piperidine rings is 1. The number of para-hydroxylation sites is 1. The van der Waals surface area contributed by atoms with Crippen LogP contribution in [-0.4, -0.2) is 53.1 Å². The fourth-order valence-electron chi connectivity index (χ4n) is 4.04. The Labute approximate surface area is 166 Å². The van der Waals surface area contributed by atoms with E-state index in [0.717, 1.165) is 62.4 Å². The van der Waals surface area contributed by atoms with E-state index in [1.54, 1.807) is 6.20 Å². The molecule has 1 amide bonds. The maximum atomic E-state index is 12.9. The number of nitrogens with zero attached hydrogens (tertiary/aromatic N) is 4. The summed E-state index contributed by atoms with van der Waals surface area (Å²) in [7, 11) is 0. The maximum Gasteiger partial charge on any atom is 0.241 e. The average molecular weight is 380 g/mol. The third kappa shape index (κ3) is 4.17. The molecule has 2 aliphatic heterocycles. The van der Waals surface area contributed by atoms with Crippen LogP contribution in [0.4, 0.5) is 5.69 Å². The van der Waals surface area contributed by atoms with Gasteiger partial charge in [-0.2, -0.15) is 0 Å². The highest BCUT2D eigenvalue weighted by molar-refractivity contribution is 5.95. The number of hydrogen-bond donors (Lipinski definition) is 0. The third-order valence-electron chi connectivity index (χ3n) is 5.62. The molecule has 0 saturated carbocycles. The Morgan fingerprint density at radius 3 is 2.79 bits per heavy atom. The zero-order chi connectivity index (χ0) is 19.5. The Hall–Kier alpha value is -2.47. The van der Waals surface area contributed by atoms with Crippen molar-refractivity contribution in [1.29, 1.82) is 0 Å². The number of carbonyl (C=O) groups excluding carboxylic acids is 1. The van der Waals surface area contributed by atoms with Gasteiger partial charge < -0.3 is 9.64 Å². The summed E-state index contributed by atoms with van der Waals surface area (Å²) in [6, 6.07) is 8.27. The average Bonchev–Trinajstić information content (AvgIpc) is 2.71. The summed E-state index contributed by atoms with van der Waals surface area (Å²) in [5.74, 6) is 0.839. The summed E-state index contributed by atoms with van der Waals surface area (Å²) in [4.78, 5) is 25.9. The molecule has 1 aromatic carbocycles. The lowest BCUT2D eigenvalue weighted by Crippen LogP contribution is -2.46. The quantitative estimate of drug-likeness (QED) is 0.816. The summed E-state index contributed by atoms with van der Waals surface area (Å²) in [6.45, 7) is 6.87. The minimum atomic E-state index is 0.136. The molecule has 4 rings (SSSR count). The lowest BCUT2D eigenvalue weighted by molar-refractivity contribution is -0.120. The zero-order valence-electron chi connectivity index (χ0n) is 16.7. The minimum Gasteiger partial charge on any atom is -0.473 e. The van der Waals surface area contributed by atoms with Gasteiger partial charge in [0.2, 0.25) is 11.8 Å². The van der Waals surface area contributed by atoms with E-state index in [1.807, 2.05) is 24.8 Å². The Bertz CT molecular complexity index is 846. The zero-order valence-corrected chi connectivity index (χ0v) is 16.7. The Morgan fingerprint density at radius 1 is 1.18 bits per heavy atom. The molecule has 2 aliphatic rings. The van der Waals surface area contributed by atoms with Crippen molar-refractivity contribution in [1.82, 2.24) is 14.9 Å². The predicted octanol–water partition coefficient (Wildman–Crippen LogP) is 2.92. The van der Waals surface area contributed by atoms with Crippen LogP contribution in [0.3, 0.4) is 0 Å². The molecule has 3 heterocycles. The minimum absolute atomic E-state index is 0.136. The van der Waals surface area contributed by atoms with E-state index in [-0.39, 0.29) is 12.0 Å². The molecule has 0 bridgehead atoms. The Morgan fingerprint density at radius 2 is 1.96 bits per heavy atom. The van der Waals surface area contributed by atoms with E-state index in [0.29, 0.717) is 12.4 Å². The summed E-state index contributed by atoms with van der Waals surface area (Å²) < 4.78 is 6.09.